The minimum Gasteiger partial charge on any atom is -0.493 e. The summed E-state index contributed by atoms with van der Waals surface area (Å²) in [4.78, 5) is 2.27. The van der Waals surface area contributed by atoms with E-state index in [0.29, 0.717) is 13.2 Å². The Morgan fingerprint density at radius 2 is 2.00 bits per heavy atom. The highest BCUT2D eigenvalue weighted by atomic mass is 16.5. The van der Waals surface area contributed by atoms with Gasteiger partial charge >= 0.3 is 0 Å². The molecule has 1 aliphatic rings. The normalized spacial score (nSPS) is 24.8. The van der Waals surface area contributed by atoms with Crippen LogP contribution in [0.1, 0.15) is 38.0 Å². The second-order valence-electron chi connectivity index (χ2n) is 5.97. The van der Waals surface area contributed by atoms with Crippen LogP contribution >= 0.6 is 0 Å². The zero-order valence-corrected chi connectivity index (χ0v) is 13.5. The van der Waals surface area contributed by atoms with Gasteiger partial charge in [-0.2, -0.15) is 0 Å². The highest BCUT2D eigenvalue weighted by Gasteiger charge is 2.25. The van der Waals surface area contributed by atoms with Crippen LogP contribution < -0.4 is 4.74 Å². The number of nitrogens with zero attached hydrogens (tertiary/aromatic N) is 1. The summed E-state index contributed by atoms with van der Waals surface area (Å²) in [5, 5.41) is 10.6. The molecule has 1 fully saturated rings. The molecule has 3 atom stereocenters. The number of β-amino-alcohol motifs (C(OH)–C–C–N with tert-alkyl or cyclic N) is 1. The fourth-order valence-corrected chi connectivity index (χ4v) is 2.99. The summed E-state index contributed by atoms with van der Waals surface area (Å²) in [6, 6.07) is 5.98. The molecule has 1 heterocycles. The quantitative estimate of drug-likeness (QED) is 0.906. The van der Waals surface area contributed by atoms with Crippen LogP contribution in [-0.2, 0) is 4.74 Å². The van der Waals surface area contributed by atoms with Crippen molar-refractivity contribution in [2.75, 3.05) is 26.2 Å². The monoisotopic (exact) mass is 293 g/mol. The number of aliphatic hydroxyl groups excluding tert-OH is 1. The molecule has 3 unspecified atom stereocenters. The lowest BCUT2D eigenvalue weighted by Crippen LogP contribution is -2.46. The molecule has 2 rings (SSSR count). The van der Waals surface area contributed by atoms with Gasteiger partial charge in [0, 0.05) is 25.2 Å². The van der Waals surface area contributed by atoms with Gasteiger partial charge in [-0.3, -0.25) is 4.90 Å². The lowest BCUT2D eigenvalue weighted by molar-refractivity contribution is -0.0768. The Morgan fingerprint density at radius 1 is 1.33 bits per heavy atom. The number of aliphatic hydroxyl groups is 1. The molecule has 0 spiro atoms. The molecule has 1 aromatic carbocycles. The van der Waals surface area contributed by atoms with Crippen molar-refractivity contribution in [1.82, 2.24) is 4.90 Å². The Kier molecular flexibility index (Phi) is 5.62. The van der Waals surface area contributed by atoms with Gasteiger partial charge in [-0.05, 0) is 39.8 Å². The molecule has 0 radical (unpaired) electrons. The lowest BCUT2D eigenvalue weighted by atomic mass is 10.0. The Hall–Kier alpha value is -1.10. The van der Waals surface area contributed by atoms with E-state index in [0.717, 1.165) is 30.0 Å². The molecule has 21 heavy (non-hydrogen) atoms. The van der Waals surface area contributed by atoms with Gasteiger partial charge in [0.2, 0.25) is 0 Å². The average Bonchev–Trinajstić information content (AvgIpc) is 2.39. The van der Waals surface area contributed by atoms with Crippen molar-refractivity contribution in [3.63, 3.8) is 0 Å². The van der Waals surface area contributed by atoms with E-state index in [1.165, 1.54) is 0 Å². The number of hydrogen-bond acceptors (Lipinski definition) is 4. The number of aryl methyl sites for hydroxylation is 1. The maximum atomic E-state index is 10.6. The molecule has 0 bridgehead atoms. The van der Waals surface area contributed by atoms with Gasteiger partial charge in [0.1, 0.15) is 5.75 Å². The summed E-state index contributed by atoms with van der Waals surface area (Å²) in [5.41, 5.74) is 2.01. The lowest BCUT2D eigenvalue weighted by Gasteiger charge is -2.36. The van der Waals surface area contributed by atoms with Gasteiger partial charge < -0.3 is 14.6 Å². The molecule has 0 aromatic heterocycles. The highest BCUT2D eigenvalue weighted by Crippen LogP contribution is 2.28. The summed E-state index contributed by atoms with van der Waals surface area (Å²) >= 11 is 0. The van der Waals surface area contributed by atoms with E-state index < -0.39 is 6.10 Å². The molecule has 0 amide bonds. The third kappa shape index (κ3) is 4.43. The van der Waals surface area contributed by atoms with E-state index >= 15 is 0 Å². The van der Waals surface area contributed by atoms with Crippen LogP contribution in [0.15, 0.2) is 18.2 Å². The van der Waals surface area contributed by atoms with Crippen LogP contribution in [0.2, 0.25) is 0 Å². The van der Waals surface area contributed by atoms with Gasteiger partial charge in [0.25, 0.3) is 0 Å². The van der Waals surface area contributed by atoms with Crippen LogP contribution in [0.25, 0.3) is 0 Å². The Morgan fingerprint density at radius 3 is 2.62 bits per heavy atom. The van der Waals surface area contributed by atoms with Crippen molar-refractivity contribution in [1.29, 1.82) is 0 Å². The van der Waals surface area contributed by atoms with Gasteiger partial charge in [0.15, 0.2) is 0 Å². The molecule has 1 saturated heterocycles. The molecule has 118 valence electrons. The van der Waals surface area contributed by atoms with Gasteiger partial charge in [0.05, 0.1) is 24.9 Å². The first-order valence-corrected chi connectivity index (χ1v) is 7.78. The fourth-order valence-electron chi connectivity index (χ4n) is 2.99. The molecule has 0 saturated carbocycles. The fraction of sp³-hybridized carbons (Fsp3) is 0.647. The molecule has 4 heteroatoms. The number of benzene rings is 1. The Balaban J connectivity index is 2.08. The van der Waals surface area contributed by atoms with Crippen molar-refractivity contribution in [2.45, 2.75) is 46.0 Å². The van der Waals surface area contributed by atoms with Crippen molar-refractivity contribution in [3.8, 4) is 5.75 Å². The minimum absolute atomic E-state index is 0.213. The topological polar surface area (TPSA) is 41.9 Å². The Labute approximate surface area is 127 Å². The Bertz CT molecular complexity index is 453. The molecule has 0 aliphatic carbocycles. The SMILES string of the molecule is CCOc1ccc(C)cc1C(O)CN1CC(C)OC(C)C1. The van der Waals surface area contributed by atoms with E-state index in [4.69, 9.17) is 9.47 Å². The smallest absolute Gasteiger partial charge is 0.125 e. The standard InChI is InChI=1S/C17H27NO3/c1-5-20-17-7-6-12(2)8-15(17)16(19)11-18-9-13(3)21-14(4)10-18/h6-8,13-14,16,19H,5,9-11H2,1-4H3. The van der Waals surface area contributed by atoms with Crippen molar-refractivity contribution < 1.29 is 14.6 Å². The van der Waals surface area contributed by atoms with Crippen molar-refractivity contribution >= 4 is 0 Å². The number of hydrogen-bond donors (Lipinski definition) is 1. The number of morpholine rings is 1. The summed E-state index contributed by atoms with van der Waals surface area (Å²) in [7, 11) is 0. The van der Waals surface area contributed by atoms with Crippen LogP contribution in [-0.4, -0.2) is 48.5 Å². The van der Waals surface area contributed by atoms with Crippen LogP contribution in [0.5, 0.6) is 5.75 Å². The second-order valence-corrected chi connectivity index (χ2v) is 5.97. The van der Waals surface area contributed by atoms with Crippen LogP contribution in [0, 0.1) is 6.92 Å². The third-order valence-corrected chi connectivity index (χ3v) is 3.75. The van der Waals surface area contributed by atoms with Crippen LogP contribution in [0.4, 0.5) is 0 Å². The summed E-state index contributed by atoms with van der Waals surface area (Å²) < 4.78 is 11.4. The average molecular weight is 293 g/mol. The van der Waals surface area contributed by atoms with E-state index in [2.05, 4.69) is 18.7 Å². The number of ether oxygens (including phenoxy) is 2. The maximum absolute atomic E-state index is 10.6. The molecule has 1 N–H and O–H groups in total. The predicted octanol–water partition coefficient (Wildman–Crippen LogP) is 2.54. The van der Waals surface area contributed by atoms with Gasteiger partial charge in [-0.25, -0.2) is 0 Å². The third-order valence-electron chi connectivity index (χ3n) is 3.75. The van der Waals surface area contributed by atoms with E-state index in [1.807, 2.05) is 32.0 Å². The zero-order valence-electron chi connectivity index (χ0n) is 13.5. The van der Waals surface area contributed by atoms with Gasteiger partial charge in [-0.1, -0.05) is 11.6 Å². The first-order chi connectivity index (χ1) is 9.99. The zero-order chi connectivity index (χ0) is 15.4. The molecule has 4 nitrogen and oxygen atoms in total. The van der Waals surface area contributed by atoms with E-state index in [-0.39, 0.29) is 12.2 Å². The molecular formula is C17H27NO3. The molecule has 1 aromatic rings. The van der Waals surface area contributed by atoms with Crippen molar-refractivity contribution in [2.24, 2.45) is 0 Å². The minimum atomic E-state index is -0.538. The van der Waals surface area contributed by atoms with E-state index in [1.54, 1.807) is 0 Å². The first kappa shape index (κ1) is 16.3. The second kappa shape index (κ2) is 7.25. The largest absolute Gasteiger partial charge is 0.493 e. The van der Waals surface area contributed by atoms with E-state index in [9.17, 15) is 5.11 Å². The first-order valence-electron chi connectivity index (χ1n) is 7.78. The van der Waals surface area contributed by atoms with Crippen LogP contribution in [0.3, 0.4) is 0 Å². The van der Waals surface area contributed by atoms with Gasteiger partial charge in [-0.15, -0.1) is 0 Å². The molecule has 1 aliphatic heterocycles. The highest BCUT2D eigenvalue weighted by molar-refractivity contribution is 5.38. The maximum Gasteiger partial charge on any atom is 0.125 e. The predicted molar refractivity (Wildman–Crippen MR) is 83.8 cm³/mol. The summed E-state index contributed by atoms with van der Waals surface area (Å²) in [5.74, 6) is 0.782. The summed E-state index contributed by atoms with van der Waals surface area (Å²) in [6.45, 7) is 11.1. The molecular weight excluding hydrogens is 266 g/mol. The summed E-state index contributed by atoms with van der Waals surface area (Å²) in [6.07, 6.45) is -0.112. The van der Waals surface area contributed by atoms with Crippen molar-refractivity contribution in [3.05, 3.63) is 29.3 Å². The number of rotatable bonds is 5.